The Hall–Kier alpha value is -0.940. The molecule has 5 nitrogen and oxygen atoms in total. The highest BCUT2D eigenvalue weighted by molar-refractivity contribution is 5.06. The first-order valence-corrected chi connectivity index (χ1v) is 5.39. The molecule has 0 saturated carbocycles. The third kappa shape index (κ3) is 1.66. The van der Waals surface area contributed by atoms with E-state index in [1.165, 1.54) is 0 Å². The third-order valence-electron chi connectivity index (χ3n) is 3.22. The Morgan fingerprint density at radius 2 is 2.33 bits per heavy atom. The molecule has 1 aromatic heterocycles. The Kier molecular flexibility index (Phi) is 2.75. The maximum absolute atomic E-state index is 5.55. The van der Waals surface area contributed by atoms with Crippen LogP contribution in [0.25, 0.3) is 0 Å². The SMILES string of the molecule is CCC(C)(OC)c1nnc2n1CCNC2. The number of fused-ring (bicyclic) bond motifs is 1. The number of ether oxygens (including phenoxy) is 1. The molecule has 5 heteroatoms. The fourth-order valence-corrected chi connectivity index (χ4v) is 1.88. The van der Waals surface area contributed by atoms with Gasteiger partial charge in [-0.2, -0.15) is 0 Å². The van der Waals surface area contributed by atoms with Gasteiger partial charge in [-0.3, -0.25) is 0 Å². The van der Waals surface area contributed by atoms with Crippen LogP contribution < -0.4 is 5.32 Å². The van der Waals surface area contributed by atoms with E-state index < -0.39 is 0 Å². The van der Waals surface area contributed by atoms with Gasteiger partial charge in [0.2, 0.25) is 0 Å². The van der Waals surface area contributed by atoms with Gasteiger partial charge < -0.3 is 14.6 Å². The zero-order valence-corrected chi connectivity index (χ0v) is 9.58. The van der Waals surface area contributed by atoms with Crippen molar-refractivity contribution >= 4 is 0 Å². The summed E-state index contributed by atoms with van der Waals surface area (Å²) in [4.78, 5) is 0. The van der Waals surface area contributed by atoms with Crippen LogP contribution in [0, 0.1) is 0 Å². The van der Waals surface area contributed by atoms with Gasteiger partial charge in [0.05, 0.1) is 6.54 Å². The van der Waals surface area contributed by atoms with Gasteiger partial charge in [0, 0.05) is 20.2 Å². The molecule has 0 radical (unpaired) electrons. The standard InChI is InChI=1S/C10H18N4O/c1-4-10(2,15-3)9-13-12-8-7-11-5-6-14(8)9/h11H,4-7H2,1-3H3. The van der Waals surface area contributed by atoms with Crippen LogP contribution in [-0.2, 0) is 23.4 Å². The topological polar surface area (TPSA) is 52.0 Å². The molecule has 0 aromatic carbocycles. The molecule has 84 valence electrons. The molecular formula is C10H18N4O. The third-order valence-corrected chi connectivity index (χ3v) is 3.22. The van der Waals surface area contributed by atoms with E-state index >= 15 is 0 Å². The van der Waals surface area contributed by atoms with Gasteiger partial charge in [0.1, 0.15) is 11.4 Å². The van der Waals surface area contributed by atoms with Crippen molar-refractivity contribution < 1.29 is 4.74 Å². The van der Waals surface area contributed by atoms with E-state index in [1.807, 2.05) is 0 Å². The van der Waals surface area contributed by atoms with E-state index in [4.69, 9.17) is 4.74 Å². The molecule has 1 aromatic rings. The first-order chi connectivity index (χ1) is 7.21. The Balaban J connectivity index is 2.39. The summed E-state index contributed by atoms with van der Waals surface area (Å²) in [6.07, 6.45) is 0.898. The number of hydrogen-bond acceptors (Lipinski definition) is 4. The lowest BCUT2D eigenvalue weighted by molar-refractivity contribution is -0.0124. The second-order valence-corrected chi connectivity index (χ2v) is 4.06. The van der Waals surface area contributed by atoms with Crippen LogP contribution in [0.1, 0.15) is 31.9 Å². The van der Waals surface area contributed by atoms with Gasteiger partial charge in [-0.25, -0.2) is 0 Å². The number of rotatable bonds is 3. The highest BCUT2D eigenvalue weighted by atomic mass is 16.5. The van der Waals surface area contributed by atoms with Crippen LogP contribution in [-0.4, -0.2) is 28.4 Å². The molecule has 0 fully saturated rings. The summed E-state index contributed by atoms with van der Waals surface area (Å²) in [7, 11) is 1.73. The highest BCUT2D eigenvalue weighted by Crippen LogP contribution is 2.27. The second-order valence-electron chi connectivity index (χ2n) is 4.06. The van der Waals surface area contributed by atoms with Crippen LogP contribution >= 0.6 is 0 Å². The Bertz CT molecular complexity index is 343. The molecule has 1 N–H and O–H groups in total. The van der Waals surface area contributed by atoms with Gasteiger partial charge in [0.25, 0.3) is 0 Å². The Labute approximate surface area is 89.8 Å². The summed E-state index contributed by atoms with van der Waals surface area (Å²) in [6.45, 7) is 6.87. The van der Waals surface area contributed by atoms with Gasteiger partial charge >= 0.3 is 0 Å². The van der Waals surface area contributed by atoms with Crippen molar-refractivity contribution in [1.82, 2.24) is 20.1 Å². The fourth-order valence-electron chi connectivity index (χ4n) is 1.88. The lowest BCUT2D eigenvalue weighted by Crippen LogP contribution is -2.34. The summed E-state index contributed by atoms with van der Waals surface area (Å²) in [5.41, 5.74) is -0.317. The fraction of sp³-hybridized carbons (Fsp3) is 0.800. The van der Waals surface area contributed by atoms with Crippen molar-refractivity contribution in [2.45, 2.75) is 39.0 Å². The van der Waals surface area contributed by atoms with Crippen LogP contribution in [0.2, 0.25) is 0 Å². The normalized spacial score (nSPS) is 19.7. The van der Waals surface area contributed by atoms with Gasteiger partial charge in [0.15, 0.2) is 5.82 Å². The van der Waals surface area contributed by atoms with E-state index in [1.54, 1.807) is 7.11 Å². The molecule has 1 unspecified atom stereocenters. The van der Waals surface area contributed by atoms with Crippen molar-refractivity contribution in [3.05, 3.63) is 11.6 Å². The average Bonchev–Trinajstić information content (AvgIpc) is 2.72. The van der Waals surface area contributed by atoms with Gasteiger partial charge in [-0.05, 0) is 13.3 Å². The van der Waals surface area contributed by atoms with E-state index in [9.17, 15) is 0 Å². The maximum atomic E-state index is 5.55. The van der Waals surface area contributed by atoms with Crippen molar-refractivity contribution in [3.8, 4) is 0 Å². The Morgan fingerprint density at radius 3 is 3.00 bits per heavy atom. The molecular weight excluding hydrogens is 192 g/mol. The maximum Gasteiger partial charge on any atom is 0.165 e. The van der Waals surface area contributed by atoms with E-state index in [0.29, 0.717) is 0 Å². The molecule has 0 amide bonds. The number of aromatic nitrogens is 3. The zero-order valence-electron chi connectivity index (χ0n) is 9.58. The van der Waals surface area contributed by atoms with Crippen molar-refractivity contribution in [3.63, 3.8) is 0 Å². The van der Waals surface area contributed by atoms with Gasteiger partial charge in [-0.1, -0.05) is 6.92 Å². The van der Waals surface area contributed by atoms with E-state index in [2.05, 4.69) is 33.9 Å². The molecule has 0 bridgehead atoms. The van der Waals surface area contributed by atoms with Crippen LogP contribution in [0.4, 0.5) is 0 Å². The first-order valence-electron chi connectivity index (χ1n) is 5.39. The summed E-state index contributed by atoms with van der Waals surface area (Å²) in [5.74, 6) is 1.96. The molecule has 15 heavy (non-hydrogen) atoms. The quantitative estimate of drug-likeness (QED) is 0.796. The Morgan fingerprint density at radius 1 is 1.53 bits per heavy atom. The predicted octanol–water partition coefficient (Wildman–Crippen LogP) is 0.653. The first kappa shape index (κ1) is 10.6. The van der Waals surface area contributed by atoms with E-state index in [0.717, 1.165) is 37.7 Å². The van der Waals surface area contributed by atoms with Gasteiger partial charge in [-0.15, -0.1) is 10.2 Å². The summed E-state index contributed by atoms with van der Waals surface area (Å²) in [6, 6.07) is 0. The minimum absolute atomic E-state index is 0.317. The molecule has 1 aliphatic rings. The molecule has 0 aliphatic carbocycles. The molecule has 2 rings (SSSR count). The number of nitrogens with zero attached hydrogens (tertiary/aromatic N) is 3. The highest BCUT2D eigenvalue weighted by Gasteiger charge is 2.32. The number of nitrogens with one attached hydrogen (secondary N) is 1. The minimum Gasteiger partial charge on any atom is -0.371 e. The van der Waals surface area contributed by atoms with Crippen molar-refractivity contribution in [2.75, 3.05) is 13.7 Å². The monoisotopic (exact) mass is 210 g/mol. The summed E-state index contributed by atoms with van der Waals surface area (Å²) >= 11 is 0. The summed E-state index contributed by atoms with van der Waals surface area (Å²) < 4.78 is 7.72. The number of hydrogen-bond donors (Lipinski definition) is 1. The van der Waals surface area contributed by atoms with Crippen LogP contribution in [0.5, 0.6) is 0 Å². The molecule has 1 atom stereocenters. The van der Waals surface area contributed by atoms with Crippen molar-refractivity contribution in [2.24, 2.45) is 0 Å². The average molecular weight is 210 g/mol. The molecule has 2 heterocycles. The number of methoxy groups -OCH3 is 1. The summed E-state index contributed by atoms with van der Waals surface area (Å²) in [5, 5.41) is 11.7. The molecule has 1 aliphatic heterocycles. The predicted molar refractivity (Wildman–Crippen MR) is 56.4 cm³/mol. The van der Waals surface area contributed by atoms with E-state index in [-0.39, 0.29) is 5.60 Å². The smallest absolute Gasteiger partial charge is 0.165 e. The zero-order chi connectivity index (χ0) is 10.9. The minimum atomic E-state index is -0.317. The van der Waals surface area contributed by atoms with Crippen LogP contribution in [0.3, 0.4) is 0 Å². The van der Waals surface area contributed by atoms with Crippen LogP contribution in [0.15, 0.2) is 0 Å². The second kappa shape index (κ2) is 3.90. The largest absolute Gasteiger partial charge is 0.371 e. The van der Waals surface area contributed by atoms with Crippen molar-refractivity contribution in [1.29, 1.82) is 0 Å². The molecule has 0 spiro atoms. The lowest BCUT2D eigenvalue weighted by atomic mass is 10.0. The molecule has 0 saturated heterocycles. The lowest BCUT2D eigenvalue weighted by Gasteiger charge is -2.27.